The summed E-state index contributed by atoms with van der Waals surface area (Å²) in [6, 6.07) is 20.6. The van der Waals surface area contributed by atoms with Crippen LogP contribution in [0.2, 0.25) is 0 Å². The lowest BCUT2D eigenvalue weighted by Crippen LogP contribution is -2.42. The summed E-state index contributed by atoms with van der Waals surface area (Å²) >= 11 is 0. The molecule has 2 aliphatic rings. The second-order valence-electron chi connectivity index (χ2n) is 9.80. The van der Waals surface area contributed by atoms with E-state index in [1.807, 2.05) is 65.6 Å². The van der Waals surface area contributed by atoms with Gasteiger partial charge in [-0.1, -0.05) is 42.5 Å². The maximum Gasteiger partial charge on any atom is 0.306 e. The number of likely N-dealkylation sites (tertiary alicyclic amines) is 1. The first-order chi connectivity index (χ1) is 18.5. The Morgan fingerprint density at radius 1 is 1.03 bits per heavy atom. The minimum atomic E-state index is -0.350. The second-order valence-corrected chi connectivity index (χ2v) is 9.80. The van der Waals surface area contributed by atoms with E-state index in [1.165, 1.54) is 7.11 Å². The zero-order valence-corrected chi connectivity index (χ0v) is 21.5. The van der Waals surface area contributed by atoms with E-state index in [2.05, 4.69) is 10.3 Å². The maximum absolute atomic E-state index is 13.8. The summed E-state index contributed by atoms with van der Waals surface area (Å²) < 4.78 is 4.97. The SMILES string of the molecule is COC(=O)CC1c2ccccc2C(=O)N(CC(=O)N2CCC(CCNc3ccccn3)C2)c2ccccc21. The van der Waals surface area contributed by atoms with E-state index in [9.17, 15) is 14.4 Å². The number of hydrogen-bond donors (Lipinski definition) is 1. The number of hydrogen-bond acceptors (Lipinski definition) is 6. The number of rotatable bonds is 8. The zero-order chi connectivity index (χ0) is 26.5. The van der Waals surface area contributed by atoms with Gasteiger partial charge in [0.1, 0.15) is 12.4 Å². The average molecular weight is 513 g/mol. The van der Waals surface area contributed by atoms with Gasteiger partial charge in [-0.2, -0.15) is 0 Å². The van der Waals surface area contributed by atoms with Crippen LogP contribution >= 0.6 is 0 Å². The van der Waals surface area contributed by atoms with Crippen molar-refractivity contribution in [1.82, 2.24) is 9.88 Å². The third-order valence-electron chi connectivity index (χ3n) is 7.47. The third kappa shape index (κ3) is 5.39. The molecule has 196 valence electrons. The van der Waals surface area contributed by atoms with Crippen LogP contribution in [0.3, 0.4) is 0 Å². The fraction of sp³-hybridized carbons (Fsp3) is 0.333. The molecular formula is C30H32N4O4. The lowest BCUT2D eigenvalue weighted by atomic mass is 9.86. The zero-order valence-electron chi connectivity index (χ0n) is 21.5. The first-order valence-electron chi connectivity index (χ1n) is 13.0. The summed E-state index contributed by atoms with van der Waals surface area (Å²) in [5.41, 5.74) is 2.77. The van der Waals surface area contributed by atoms with Crippen LogP contribution in [0.15, 0.2) is 72.9 Å². The van der Waals surface area contributed by atoms with Gasteiger partial charge in [0.2, 0.25) is 5.91 Å². The Morgan fingerprint density at radius 3 is 2.58 bits per heavy atom. The molecule has 2 aromatic carbocycles. The molecule has 8 heteroatoms. The van der Waals surface area contributed by atoms with E-state index < -0.39 is 0 Å². The fourth-order valence-electron chi connectivity index (χ4n) is 5.47. The van der Waals surface area contributed by atoms with Crippen LogP contribution in [0, 0.1) is 5.92 Å². The molecule has 3 aromatic rings. The van der Waals surface area contributed by atoms with Crippen LogP contribution < -0.4 is 10.2 Å². The van der Waals surface area contributed by atoms with Gasteiger partial charge in [-0.15, -0.1) is 0 Å². The van der Waals surface area contributed by atoms with Crippen LogP contribution in [0.4, 0.5) is 11.5 Å². The van der Waals surface area contributed by atoms with E-state index in [4.69, 9.17) is 4.74 Å². The Kier molecular flexibility index (Phi) is 7.67. The summed E-state index contributed by atoms with van der Waals surface area (Å²) in [6.45, 7) is 2.10. The molecule has 2 unspecified atom stereocenters. The highest BCUT2D eigenvalue weighted by molar-refractivity contribution is 6.11. The van der Waals surface area contributed by atoms with Crippen molar-refractivity contribution in [3.05, 3.63) is 89.6 Å². The molecule has 0 radical (unpaired) electrons. The lowest BCUT2D eigenvalue weighted by molar-refractivity contribution is -0.140. The van der Waals surface area contributed by atoms with Gasteiger partial charge in [-0.3, -0.25) is 19.3 Å². The van der Waals surface area contributed by atoms with Crippen molar-refractivity contribution in [3.8, 4) is 0 Å². The van der Waals surface area contributed by atoms with Crippen LogP contribution in [0.25, 0.3) is 0 Å². The number of nitrogens with one attached hydrogen (secondary N) is 1. The average Bonchev–Trinajstić information content (AvgIpc) is 3.41. The number of carbonyl (C=O) groups excluding carboxylic acids is 3. The van der Waals surface area contributed by atoms with E-state index in [1.54, 1.807) is 17.2 Å². The van der Waals surface area contributed by atoms with Crippen molar-refractivity contribution in [1.29, 1.82) is 0 Å². The van der Waals surface area contributed by atoms with Gasteiger partial charge in [-0.25, -0.2) is 4.98 Å². The van der Waals surface area contributed by atoms with E-state index in [0.29, 0.717) is 30.3 Å². The van der Waals surface area contributed by atoms with Crippen molar-refractivity contribution in [2.24, 2.45) is 5.92 Å². The number of aromatic nitrogens is 1. The molecule has 0 bridgehead atoms. The van der Waals surface area contributed by atoms with Gasteiger partial charge in [0.15, 0.2) is 0 Å². The smallest absolute Gasteiger partial charge is 0.306 e. The topological polar surface area (TPSA) is 91.8 Å². The molecule has 0 saturated carbocycles. The molecule has 2 atom stereocenters. The first kappa shape index (κ1) is 25.4. The summed E-state index contributed by atoms with van der Waals surface area (Å²) in [5, 5.41) is 3.34. The highest BCUT2D eigenvalue weighted by Gasteiger charge is 2.36. The number of benzene rings is 2. The standard InChI is InChI=1S/C30H32N4O4/c1-38-29(36)18-25-22-8-2-3-10-24(22)30(37)34(26-11-5-4-9-23(25)26)20-28(35)33-17-14-21(19-33)13-16-32-27-12-6-7-15-31-27/h2-12,15,21,25H,13-14,16-20H2,1H3,(H,31,32). The number of carbonyl (C=O) groups is 3. The number of methoxy groups -OCH3 is 1. The van der Waals surface area contributed by atoms with Gasteiger partial charge >= 0.3 is 5.97 Å². The van der Waals surface area contributed by atoms with Crippen LogP contribution in [0.5, 0.6) is 0 Å². The molecule has 5 rings (SSSR count). The Morgan fingerprint density at radius 2 is 1.79 bits per heavy atom. The summed E-state index contributed by atoms with van der Waals surface area (Å²) in [5.74, 6) is 0.246. The maximum atomic E-state index is 13.8. The third-order valence-corrected chi connectivity index (χ3v) is 7.47. The molecule has 1 aromatic heterocycles. The summed E-state index contributed by atoms with van der Waals surface area (Å²) in [4.78, 5) is 47.3. The number of anilines is 2. The van der Waals surface area contributed by atoms with Crippen molar-refractivity contribution in [2.45, 2.75) is 25.2 Å². The predicted octanol–water partition coefficient (Wildman–Crippen LogP) is 4.09. The Labute approximate surface area is 222 Å². The van der Waals surface area contributed by atoms with Crippen LogP contribution in [-0.2, 0) is 14.3 Å². The summed E-state index contributed by atoms with van der Waals surface area (Å²) in [7, 11) is 1.37. The lowest BCUT2D eigenvalue weighted by Gasteiger charge is -2.26. The molecule has 38 heavy (non-hydrogen) atoms. The highest BCUT2D eigenvalue weighted by atomic mass is 16.5. The molecule has 1 saturated heterocycles. The largest absolute Gasteiger partial charge is 0.469 e. The molecule has 2 aliphatic heterocycles. The number of esters is 1. The van der Waals surface area contributed by atoms with E-state index in [0.717, 1.165) is 36.3 Å². The number of ether oxygens (including phenoxy) is 1. The molecule has 1 fully saturated rings. The quantitative estimate of drug-likeness (QED) is 0.457. The number of pyridine rings is 1. The molecule has 3 heterocycles. The number of fused-ring (bicyclic) bond motifs is 2. The second kappa shape index (κ2) is 11.5. The van der Waals surface area contributed by atoms with Gasteiger partial charge in [0.05, 0.1) is 13.5 Å². The van der Waals surface area contributed by atoms with Crippen LogP contribution in [-0.4, -0.2) is 61.0 Å². The Bertz CT molecular complexity index is 1310. The van der Waals surface area contributed by atoms with Crippen molar-refractivity contribution < 1.29 is 19.1 Å². The molecular weight excluding hydrogens is 480 g/mol. The Balaban J connectivity index is 1.32. The molecule has 1 N–H and O–H groups in total. The predicted molar refractivity (Wildman–Crippen MR) is 145 cm³/mol. The molecule has 0 spiro atoms. The molecule has 2 amide bonds. The van der Waals surface area contributed by atoms with Gasteiger partial charge in [0.25, 0.3) is 5.91 Å². The Hall–Kier alpha value is -4.20. The number of para-hydroxylation sites is 1. The number of nitrogens with zero attached hydrogens (tertiary/aromatic N) is 3. The summed E-state index contributed by atoms with van der Waals surface area (Å²) in [6.07, 6.45) is 3.75. The normalized spacial score (nSPS) is 18.4. The molecule has 0 aliphatic carbocycles. The minimum absolute atomic E-state index is 0.0476. The van der Waals surface area contributed by atoms with Crippen molar-refractivity contribution in [2.75, 3.05) is 43.5 Å². The monoisotopic (exact) mass is 512 g/mol. The number of amides is 2. The van der Waals surface area contributed by atoms with E-state index in [-0.39, 0.29) is 36.7 Å². The van der Waals surface area contributed by atoms with Crippen molar-refractivity contribution >= 4 is 29.3 Å². The highest BCUT2D eigenvalue weighted by Crippen LogP contribution is 2.40. The van der Waals surface area contributed by atoms with Gasteiger partial charge < -0.3 is 15.0 Å². The minimum Gasteiger partial charge on any atom is -0.469 e. The van der Waals surface area contributed by atoms with Gasteiger partial charge in [0, 0.05) is 43.0 Å². The molecule has 8 nitrogen and oxygen atoms in total. The van der Waals surface area contributed by atoms with Crippen molar-refractivity contribution in [3.63, 3.8) is 0 Å². The first-order valence-corrected chi connectivity index (χ1v) is 13.0. The van der Waals surface area contributed by atoms with Gasteiger partial charge in [-0.05, 0) is 54.2 Å². The van der Waals surface area contributed by atoms with Crippen LogP contribution in [0.1, 0.15) is 46.7 Å². The fourth-order valence-corrected chi connectivity index (χ4v) is 5.47. The van der Waals surface area contributed by atoms with E-state index >= 15 is 0 Å².